The van der Waals surface area contributed by atoms with Crippen LogP contribution in [0.15, 0.2) is 22.7 Å². The standard InChI is InChI=1S/C15H21BrN2O2/c1-3-18(12-5-4-8-17-10-12)15(19)11-6-7-14(20-2)13(16)9-11/h6-7,9,12,17H,3-5,8,10H2,1-2H3. The first kappa shape index (κ1) is 15.3. The first-order valence-corrected chi connectivity index (χ1v) is 7.82. The molecule has 1 amide bonds. The largest absolute Gasteiger partial charge is 0.496 e. The predicted octanol–water partition coefficient (Wildman–Crippen LogP) is 2.67. The predicted molar refractivity (Wildman–Crippen MR) is 83.3 cm³/mol. The summed E-state index contributed by atoms with van der Waals surface area (Å²) in [4.78, 5) is 14.6. The number of nitrogens with zero attached hydrogens (tertiary/aromatic N) is 1. The third-order valence-corrected chi connectivity index (χ3v) is 4.33. The summed E-state index contributed by atoms with van der Waals surface area (Å²) >= 11 is 3.43. The fourth-order valence-electron chi connectivity index (χ4n) is 2.63. The molecule has 5 heteroatoms. The van der Waals surface area contributed by atoms with E-state index in [9.17, 15) is 4.79 Å². The van der Waals surface area contributed by atoms with Crippen LogP contribution in [0.1, 0.15) is 30.1 Å². The Morgan fingerprint density at radius 2 is 2.35 bits per heavy atom. The highest BCUT2D eigenvalue weighted by atomic mass is 79.9. The molecular weight excluding hydrogens is 320 g/mol. The number of rotatable bonds is 4. The third kappa shape index (κ3) is 3.33. The molecule has 0 aromatic heterocycles. The first-order valence-electron chi connectivity index (χ1n) is 7.02. The summed E-state index contributed by atoms with van der Waals surface area (Å²) in [6.45, 7) is 4.70. The zero-order chi connectivity index (χ0) is 14.5. The molecule has 20 heavy (non-hydrogen) atoms. The Labute approximate surface area is 128 Å². The zero-order valence-corrected chi connectivity index (χ0v) is 13.6. The molecule has 1 saturated heterocycles. The molecule has 0 bridgehead atoms. The van der Waals surface area contributed by atoms with Crippen molar-refractivity contribution >= 4 is 21.8 Å². The van der Waals surface area contributed by atoms with Crippen LogP contribution < -0.4 is 10.1 Å². The molecule has 0 spiro atoms. The van der Waals surface area contributed by atoms with Crippen LogP contribution >= 0.6 is 15.9 Å². The number of hydrogen-bond donors (Lipinski definition) is 1. The number of nitrogens with one attached hydrogen (secondary N) is 1. The van der Waals surface area contributed by atoms with Crippen LogP contribution in [0, 0.1) is 0 Å². The lowest BCUT2D eigenvalue weighted by molar-refractivity contribution is 0.0662. The molecule has 1 aliphatic heterocycles. The molecule has 1 aromatic carbocycles. The molecule has 1 fully saturated rings. The second kappa shape index (κ2) is 7.09. The van der Waals surface area contributed by atoms with Gasteiger partial charge in [0.05, 0.1) is 11.6 Å². The maximum atomic E-state index is 12.7. The van der Waals surface area contributed by atoms with Gasteiger partial charge in [0.15, 0.2) is 0 Å². The molecule has 4 nitrogen and oxygen atoms in total. The Morgan fingerprint density at radius 1 is 1.55 bits per heavy atom. The Hall–Kier alpha value is -1.07. The van der Waals surface area contributed by atoms with Gasteiger partial charge in [-0.05, 0) is 60.4 Å². The number of hydrogen-bond acceptors (Lipinski definition) is 3. The maximum Gasteiger partial charge on any atom is 0.254 e. The van der Waals surface area contributed by atoms with Gasteiger partial charge < -0.3 is 15.0 Å². The Morgan fingerprint density at radius 3 is 2.90 bits per heavy atom. The van der Waals surface area contributed by atoms with Gasteiger partial charge in [0.25, 0.3) is 5.91 Å². The van der Waals surface area contributed by atoms with Gasteiger partial charge in [0.1, 0.15) is 5.75 Å². The summed E-state index contributed by atoms with van der Waals surface area (Å²) in [7, 11) is 1.62. The Bertz CT molecular complexity index is 473. The second-order valence-corrected chi connectivity index (χ2v) is 5.80. The summed E-state index contributed by atoms with van der Waals surface area (Å²) < 4.78 is 6.01. The molecular formula is C15H21BrN2O2. The molecule has 0 radical (unpaired) electrons. The van der Waals surface area contributed by atoms with Gasteiger partial charge in [0, 0.05) is 24.7 Å². The fraction of sp³-hybridized carbons (Fsp3) is 0.533. The molecule has 1 unspecified atom stereocenters. The average molecular weight is 341 g/mol. The summed E-state index contributed by atoms with van der Waals surface area (Å²) in [5, 5.41) is 3.36. The van der Waals surface area contributed by atoms with Crippen LogP contribution in [-0.4, -0.2) is 43.6 Å². The van der Waals surface area contributed by atoms with E-state index in [-0.39, 0.29) is 5.91 Å². The van der Waals surface area contributed by atoms with Crippen molar-refractivity contribution in [1.82, 2.24) is 10.2 Å². The summed E-state index contributed by atoms with van der Waals surface area (Å²) in [6, 6.07) is 5.77. The van der Waals surface area contributed by atoms with Crippen molar-refractivity contribution in [3.05, 3.63) is 28.2 Å². The van der Waals surface area contributed by atoms with E-state index in [0.29, 0.717) is 11.6 Å². The number of methoxy groups -OCH3 is 1. The highest BCUT2D eigenvalue weighted by Gasteiger charge is 2.25. The Kier molecular flexibility index (Phi) is 5.43. The van der Waals surface area contributed by atoms with E-state index < -0.39 is 0 Å². The number of piperidine rings is 1. The van der Waals surface area contributed by atoms with Crippen molar-refractivity contribution in [1.29, 1.82) is 0 Å². The van der Waals surface area contributed by atoms with E-state index in [1.807, 2.05) is 30.0 Å². The van der Waals surface area contributed by atoms with Gasteiger partial charge in [0.2, 0.25) is 0 Å². The van der Waals surface area contributed by atoms with Crippen LogP contribution in [0.2, 0.25) is 0 Å². The van der Waals surface area contributed by atoms with E-state index in [4.69, 9.17) is 4.74 Å². The summed E-state index contributed by atoms with van der Waals surface area (Å²) in [5.41, 5.74) is 0.699. The number of benzene rings is 1. The van der Waals surface area contributed by atoms with E-state index in [1.54, 1.807) is 7.11 Å². The Balaban J connectivity index is 2.17. The summed E-state index contributed by atoms with van der Waals surface area (Å²) in [6.07, 6.45) is 2.20. The molecule has 1 atom stereocenters. The fourth-order valence-corrected chi connectivity index (χ4v) is 3.17. The van der Waals surface area contributed by atoms with Gasteiger partial charge in [-0.15, -0.1) is 0 Å². The van der Waals surface area contributed by atoms with Crippen molar-refractivity contribution < 1.29 is 9.53 Å². The lowest BCUT2D eigenvalue weighted by Crippen LogP contribution is -2.48. The minimum atomic E-state index is 0.0875. The lowest BCUT2D eigenvalue weighted by atomic mass is 10.0. The number of halogens is 1. The van der Waals surface area contributed by atoms with Crippen molar-refractivity contribution in [2.24, 2.45) is 0 Å². The molecule has 1 aromatic rings. The van der Waals surface area contributed by atoms with Crippen LogP contribution in [0.5, 0.6) is 5.75 Å². The van der Waals surface area contributed by atoms with Crippen LogP contribution in [0.4, 0.5) is 0 Å². The minimum Gasteiger partial charge on any atom is -0.496 e. The lowest BCUT2D eigenvalue weighted by Gasteiger charge is -2.34. The third-order valence-electron chi connectivity index (χ3n) is 3.71. The van der Waals surface area contributed by atoms with Crippen LogP contribution in [-0.2, 0) is 0 Å². The number of carbonyl (C=O) groups is 1. The molecule has 0 aliphatic carbocycles. The van der Waals surface area contributed by atoms with E-state index in [2.05, 4.69) is 21.2 Å². The molecule has 1 N–H and O–H groups in total. The SMILES string of the molecule is CCN(C(=O)c1ccc(OC)c(Br)c1)C1CCCNC1. The number of ether oxygens (including phenoxy) is 1. The molecule has 0 saturated carbocycles. The van der Waals surface area contributed by atoms with Gasteiger partial charge in [-0.2, -0.15) is 0 Å². The number of likely N-dealkylation sites (N-methyl/N-ethyl adjacent to an activating group) is 1. The van der Waals surface area contributed by atoms with E-state index in [1.165, 1.54) is 0 Å². The zero-order valence-electron chi connectivity index (χ0n) is 12.0. The van der Waals surface area contributed by atoms with E-state index in [0.717, 1.165) is 42.7 Å². The number of carbonyl (C=O) groups excluding carboxylic acids is 1. The molecule has 2 rings (SSSR count). The van der Waals surface area contributed by atoms with Gasteiger partial charge in [-0.1, -0.05) is 0 Å². The smallest absolute Gasteiger partial charge is 0.254 e. The topological polar surface area (TPSA) is 41.6 Å². The van der Waals surface area contributed by atoms with Crippen LogP contribution in [0.25, 0.3) is 0 Å². The highest BCUT2D eigenvalue weighted by molar-refractivity contribution is 9.10. The van der Waals surface area contributed by atoms with Gasteiger partial charge >= 0.3 is 0 Å². The quantitative estimate of drug-likeness (QED) is 0.916. The average Bonchev–Trinajstić information content (AvgIpc) is 2.49. The summed E-state index contributed by atoms with van der Waals surface area (Å²) in [5.74, 6) is 0.827. The van der Waals surface area contributed by atoms with E-state index >= 15 is 0 Å². The molecule has 1 aliphatic rings. The van der Waals surface area contributed by atoms with Gasteiger partial charge in [-0.3, -0.25) is 4.79 Å². The second-order valence-electron chi connectivity index (χ2n) is 4.94. The van der Waals surface area contributed by atoms with Gasteiger partial charge in [-0.25, -0.2) is 0 Å². The highest BCUT2D eigenvalue weighted by Crippen LogP contribution is 2.26. The first-order chi connectivity index (χ1) is 9.67. The number of amides is 1. The van der Waals surface area contributed by atoms with Crippen molar-refractivity contribution in [2.75, 3.05) is 26.7 Å². The van der Waals surface area contributed by atoms with Crippen LogP contribution in [0.3, 0.4) is 0 Å². The molecule has 1 heterocycles. The van der Waals surface area contributed by atoms with Crippen molar-refractivity contribution in [2.45, 2.75) is 25.8 Å². The minimum absolute atomic E-state index is 0.0875. The molecule has 110 valence electrons. The normalized spacial score (nSPS) is 18.6. The monoisotopic (exact) mass is 340 g/mol. The maximum absolute atomic E-state index is 12.7. The van der Waals surface area contributed by atoms with Crippen molar-refractivity contribution in [3.8, 4) is 5.75 Å². The van der Waals surface area contributed by atoms with Crippen molar-refractivity contribution in [3.63, 3.8) is 0 Å².